The SMILES string of the molecule is CC(C)NC(=O)Nc1ccc(CNC(=O)NCCc2ccc(F)cc2)cc1. The molecular formula is C20H25FN4O2. The van der Waals surface area contributed by atoms with Gasteiger partial charge in [-0.3, -0.25) is 0 Å². The van der Waals surface area contributed by atoms with Gasteiger partial charge in [0.1, 0.15) is 5.82 Å². The van der Waals surface area contributed by atoms with Crippen molar-refractivity contribution >= 4 is 17.7 Å². The first-order valence-corrected chi connectivity index (χ1v) is 8.85. The highest BCUT2D eigenvalue weighted by atomic mass is 19.1. The number of nitrogens with one attached hydrogen (secondary N) is 4. The van der Waals surface area contributed by atoms with Crippen LogP contribution in [0.15, 0.2) is 48.5 Å². The molecule has 0 radical (unpaired) electrons. The first-order valence-electron chi connectivity index (χ1n) is 8.85. The molecule has 0 aliphatic carbocycles. The van der Waals surface area contributed by atoms with Crippen molar-refractivity contribution in [3.05, 3.63) is 65.5 Å². The van der Waals surface area contributed by atoms with Crippen LogP contribution in [0.25, 0.3) is 0 Å². The van der Waals surface area contributed by atoms with E-state index in [0.29, 0.717) is 25.2 Å². The Morgan fingerprint density at radius 3 is 2.15 bits per heavy atom. The molecule has 27 heavy (non-hydrogen) atoms. The van der Waals surface area contributed by atoms with Crippen LogP contribution in [0.3, 0.4) is 0 Å². The van der Waals surface area contributed by atoms with E-state index in [-0.39, 0.29) is 23.9 Å². The van der Waals surface area contributed by atoms with Gasteiger partial charge in [0.25, 0.3) is 0 Å². The molecule has 2 aromatic rings. The Bertz CT molecular complexity index is 746. The lowest BCUT2D eigenvalue weighted by molar-refractivity contribution is 0.240. The lowest BCUT2D eigenvalue weighted by atomic mass is 10.1. The summed E-state index contributed by atoms with van der Waals surface area (Å²) < 4.78 is 12.8. The minimum absolute atomic E-state index is 0.0649. The average Bonchev–Trinajstić information content (AvgIpc) is 2.62. The predicted octanol–water partition coefficient (Wildman–Crippen LogP) is 3.40. The maximum atomic E-state index is 12.8. The van der Waals surface area contributed by atoms with Crippen molar-refractivity contribution in [2.75, 3.05) is 11.9 Å². The third kappa shape index (κ3) is 7.77. The third-order valence-electron chi connectivity index (χ3n) is 3.70. The fourth-order valence-electron chi connectivity index (χ4n) is 2.35. The van der Waals surface area contributed by atoms with E-state index < -0.39 is 0 Å². The molecule has 4 N–H and O–H groups in total. The Balaban J connectivity index is 1.68. The van der Waals surface area contributed by atoms with Crippen LogP contribution in [0.2, 0.25) is 0 Å². The number of anilines is 1. The van der Waals surface area contributed by atoms with Crippen molar-refractivity contribution in [1.82, 2.24) is 16.0 Å². The number of hydrogen-bond acceptors (Lipinski definition) is 2. The molecule has 0 fully saturated rings. The molecule has 0 atom stereocenters. The van der Waals surface area contributed by atoms with Crippen molar-refractivity contribution < 1.29 is 14.0 Å². The van der Waals surface area contributed by atoms with Gasteiger partial charge in [0, 0.05) is 24.8 Å². The Kier molecular flexibility index (Phi) is 7.61. The van der Waals surface area contributed by atoms with Crippen molar-refractivity contribution in [1.29, 1.82) is 0 Å². The van der Waals surface area contributed by atoms with Crippen molar-refractivity contribution in [2.24, 2.45) is 0 Å². The number of carbonyl (C=O) groups excluding carboxylic acids is 2. The molecule has 6 nitrogen and oxygen atoms in total. The number of halogens is 1. The predicted molar refractivity (Wildman–Crippen MR) is 104 cm³/mol. The van der Waals surface area contributed by atoms with Crippen LogP contribution in [0, 0.1) is 5.82 Å². The van der Waals surface area contributed by atoms with Crippen molar-refractivity contribution in [3.63, 3.8) is 0 Å². The molecule has 0 saturated heterocycles. The van der Waals surface area contributed by atoms with Crippen LogP contribution in [0.4, 0.5) is 19.7 Å². The second kappa shape index (κ2) is 10.2. The summed E-state index contributed by atoms with van der Waals surface area (Å²) in [4.78, 5) is 23.5. The molecular weight excluding hydrogens is 347 g/mol. The van der Waals surface area contributed by atoms with Gasteiger partial charge in [-0.1, -0.05) is 24.3 Å². The number of rotatable bonds is 7. The normalized spacial score (nSPS) is 10.4. The molecule has 2 aromatic carbocycles. The lowest BCUT2D eigenvalue weighted by Gasteiger charge is -2.11. The zero-order valence-electron chi connectivity index (χ0n) is 15.5. The maximum absolute atomic E-state index is 12.8. The topological polar surface area (TPSA) is 82.3 Å². The zero-order valence-corrected chi connectivity index (χ0v) is 15.5. The fourth-order valence-corrected chi connectivity index (χ4v) is 2.35. The first-order chi connectivity index (χ1) is 12.9. The van der Waals surface area contributed by atoms with Gasteiger partial charge in [-0.05, 0) is 55.7 Å². The molecule has 0 spiro atoms. The number of benzene rings is 2. The molecule has 4 amide bonds. The Morgan fingerprint density at radius 2 is 1.52 bits per heavy atom. The number of carbonyl (C=O) groups is 2. The highest BCUT2D eigenvalue weighted by Crippen LogP contribution is 2.09. The molecule has 0 bridgehead atoms. The van der Waals surface area contributed by atoms with E-state index in [1.54, 1.807) is 24.3 Å². The van der Waals surface area contributed by atoms with Gasteiger partial charge in [0.2, 0.25) is 0 Å². The van der Waals surface area contributed by atoms with Gasteiger partial charge >= 0.3 is 12.1 Å². The smallest absolute Gasteiger partial charge is 0.319 e. The summed E-state index contributed by atoms with van der Waals surface area (Å²) in [5.74, 6) is -0.272. The van der Waals surface area contributed by atoms with Crippen LogP contribution in [-0.4, -0.2) is 24.6 Å². The Morgan fingerprint density at radius 1 is 0.889 bits per heavy atom. The van der Waals surface area contributed by atoms with Gasteiger partial charge in [0.05, 0.1) is 0 Å². The first kappa shape index (κ1) is 20.2. The van der Waals surface area contributed by atoms with Crippen LogP contribution in [-0.2, 0) is 13.0 Å². The summed E-state index contributed by atoms with van der Waals surface area (Å²) in [5.41, 5.74) is 2.56. The summed E-state index contributed by atoms with van der Waals surface area (Å²) in [5, 5.41) is 11.0. The van der Waals surface area contributed by atoms with Crippen LogP contribution in [0.1, 0.15) is 25.0 Å². The van der Waals surface area contributed by atoms with E-state index in [9.17, 15) is 14.0 Å². The minimum Gasteiger partial charge on any atom is -0.338 e. The Labute approximate surface area is 158 Å². The summed E-state index contributed by atoms with van der Waals surface area (Å²) in [7, 11) is 0. The van der Waals surface area contributed by atoms with Crippen molar-refractivity contribution in [2.45, 2.75) is 32.9 Å². The molecule has 0 aliphatic rings. The number of urea groups is 2. The summed E-state index contributed by atoms with van der Waals surface area (Å²) >= 11 is 0. The molecule has 2 rings (SSSR count). The molecule has 7 heteroatoms. The highest BCUT2D eigenvalue weighted by Gasteiger charge is 2.04. The van der Waals surface area contributed by atoms with E-state index in [1.165, 1.54) is 12.1 Å². The second-order valence-corrected chi connectivity index (χ2v) is 6.44. The second-order valence-electron chi connectivity index (χ2n) is 6.44. The van der Waals surface area contributed by atoms with Crippen LogP contribution < -0.4 is 21.3 Å². The van der Waals surface area contributed by atoms with E-state index >= 15 is 0 Å². The quantitative estimate of drug-likeness (QED) is 0.601. The van der Waals surface area contributed by atoms with Gasteiger partial charge in [-0.25, -0.2) is 14.0 Å². The number of hydrogen-bond donors (Lipinski definition) is 4. The van der Waals surface area contributed by atoms with Gasteiger partial charge in [0.15, 0.2) is 0 Å². The van der Waals surface area contributed by atoms with Crippen molar-refractivity contribution in [3.8, 4) is 0 Å². The minimum atomic E-state index is -0.272. The average molecular weight is 372 g/mol. The molecule has 0 heterocycles. The molecule has 0 aromatic heterocycles. The molecule has 0 saturated carbocycles. The largest absolute Gasteiger partial charge is 0.338 e. The van der Waals surface area contributed by atoms with E-state index in [0.717, 1.165) is 11.1 Å². The van der Waals surface area contributed by atoms with Gasteiger partial charge in [-0.2, -0.15) is 0 Å². The standard InChI is InChI=1S/C20H25FN4O2/c1-14(2)24-20(27)25-18-9-5-16(6-10-18)13-23-19(26)22-12-11-15-3-7-17(21)8-4-15/h3-10,14H,11-13H2,1-2H3,(H2,22,23,26)(H2,24,25,27). The highest BCUT2D eigenvalue weighted by molar-refractivity contribution is 5.89. The Hall–Kier alpha value is -3.09. The van der Waals surface area contributed by atoms with E-state index in [1.807, 2.05) is 26.0 Å². The molecule has 144 valence electrons. The number of amides is 4. The third-order valence-corrected chi connectivity index (χ3v) is 3.70. The van der Waals surface area contributed by atoms with E-state index in [4.69, 9.17) is 0 Å². The molecule has 0 unspecified atom stereocenters. The monoisotopic (exact) mass is 372 g/mol. The summed E-state index contributed by atoms with van der Waals surface area (Å²) in [6.45, 7) is 4.62. The summed E-state index contributed by atoms with van der Waals surface area (Å²) in [6.07, 6.45) is 0.631. The van der Waals surface area contributed by atoms with Crippen LogP contribution >= 0.6 is 0 Å². The van der Waals surface area contributed by atoms with E-state index in [2.05, 4.69) is 21.3 Å². The van der Waals surface area contributed by atoms with Gasteiger partial charge in [-0.15, -0.1) is 0 Å². The van der Waals surface area contributed by atoms with Gasteiger partial charge < -0.3 is 21.3 Å². The fraction of sp³-hybridized carbons (Fsp3) is 0.300. The maximum Gasteiger partial charge on any atom is 0.319 e. The lowest BCUT2D eigenvalue weighted by Crippen LogP contribution is -2.36. The molecule has 0 aliphatic heterocycles. The van der Waals surface area contributed by atoms with Crippen LogP contribution in [0.5, 0.6) is 0 Å². The zero-order chi connectivity index (χ0) is 19.6. The summed E-state index contributed by atoms with van der Waals surface area (Å²) in [6, 6.07) is 13.0.